The summed E-state index contributed by atoms with van der Waals surface area (Å²) in [6, 6.07) is 14.7. The van der Waals surface area contributed by atoms with Crippen molar-refractivity contribution in [2.45, 2.75) is 20.4 Å². The first-order valence-electron chi connectivity index (χ1n) is 10.2. The Balaban J connectivity index is 1.59. The third-order valence-electron chi connectivity index (χ3n) is 5.43. The molecule has 168 valence electrons. The molecule has 4 rings (SSSR count). The molecule has 1 fully saturated rings. The Kier molecular flexibility index (Phi) is 6.20. The van der Waals surface area contributed by atoms with Crippen LogP contribution in [0.2, 0.25) is 0 Å². The normalized spacial score (nSPS) is 14.9. The van der Waals surface area contributed by atoms with E-state index in [4.69, 9.17) is 4.74 Å². The van der Waals surface area contributed by atoms with E-state index in [1.807, 2.05) is 36.6 Å². The van der Waals surface area contributed by atoms with Gasteiger partial charge >= 0.3 is 5.97 Å². The number of esters is 1. The van der Waals surface area contributed by atoms with Crippen LogP contribution in [-0.2, 0) is 16.1 Å². The molecule has 6 nitrogen and oxygen atoms in total. The van der Waals surface area contributed by atoms with Crippen LogP contribution in [0.1, 0.15) is 32.9 Å². The molecule has 1 aromatic heterocycles. The molecule has 1 aliphatic rings. The van der Waals surface area contributed by atoms with Gasteiger partial charge in [0.2, 0.25) is 0 Å². The highest BCUT2D eigenvalue weighted by molar-refractivity contribution is 8.18. The van der Waals surface area contributed by atoms with E-state index in [0.717, 1.165) is 39.3 Å². The van der Waals surface area contributed by atoms with E-state index in [1.165, 1.54) is 19.2 Å². The fraction of sp³-hybridized carbons (Fsp3) is 0.160. The van der Waals surface area contributed by atoms with E-state index < -0.39 is 5.97 Å². The molecule has 3 aromatic rings. The number of aromatic nitrogens is 1. The maximum Gasteiger partial charge on any atom is 0.337 e. The quantitative estimate of drug-likeness (QED) is 0.381. The molecule has 0 aliphatic carbocycles. The summed E-state index contributed by atoms with van der Waals surface area (Å²) in [5, 5.41) is -0.359. The number of hydrogen-bond donors (Lipinski definition) is 0. The lowest BCUT2D eigenvalue weighted by Gasteiger charge is -2.12. The van der Waals surface area contributed by atoms with Crippen molar-refractivity contribution in [2.24, 2.45) is 0 Å². The van der Waals surface area contributed by atoms with Gasteiger partial charge < -0.3 is 9.30 Å². The molecule has 33 heavy (non-hydrogen) atoms. The Morgan fingerprint density at radius 3 is 2.36 bits per heavy atom. The minimum absolute atomic E-state index is 0.0911. The van der Waals surface area contributed by atoms with Crippen LogP contribution >= 0.6 is 11.8 Å². The number of thioether (sulfide) groups is 1. The molecule has 2 amide bonds. The number of aryl methyl sites for hydroxylation is 1. The predicted octanol–water partition coefficient (Wildman–Crippen LogP) is 5.26. The number of carbonyl (C=O) groups is 3. The van der Waals surface area contributed by atoms with Gasteiger partial charge in [-0.15, -0.1) is 0 Å². The lowest BCUT2D eigenvalue weighted by molar-refractivity contribution is -0.123. The van der Waals surface area contributed by atoms with E-state index in [1.54, 1.807) is 30.3 Å². The number of nitrogens with zero attached hydrogens (tertiary/aromatic N) is 2. The SMILES string of the molecule is COC(=O)c1ccc(-n2c(C)cc(/C=C3\SC(=O)N(Cc4ccc(F)cc4)C3=O)c2C)cc1. The van der Waals surface area contributed by atoms with Gasteiger partial charge in [-0.25, -0.2) is 9.18 Å². The fourth-order valence-corrected chi connectivity index (χ4v) is 4.57. The van der Waals surface area contributed by atoms with Crippen LogP contribution in [0, 0.1) is 19.7 Å². The van der Waals surface area contributed by atoms with Crippen LogP contribution in [0.3, 0.4) is 0 Å². The third-order valence-corrected chi connectivity index (χ3v) is 6.34. The standard InChI is InChI=1S/C25H21FN2O4S/c1-15-12-19(16(2)28(15)21-10-6-18(7-11-21)24(30)32-3)13-22-23(29)27(25(31)33-22)14-17-4-8-20(26)9-5-17/h4-13H,14H2,1-3H3/b22-13-. The van der Waals surface area contributed by atoms with E-state index >= 15 is 0 Å². The second-order valence-corrected chi connectivity index (χ2v) is 8.59. The van der Waals surface area contributed by atoms with E-state index in [-0.39, 0.29) is 23.5 Å². The fourth-order valence-electron chi connectivity index (χ4n) is 3.75. The second-order valence-electron chi connectivity index (χ2n) is 7.59. The zero-order valence-corrected chi connectivity index (χ0v) is 19.1. The second kappa shape index (κ2) is 9.07. The van der Waals surface area contributed by atoms with Crippen molar-refractivity contribution in [3.8, 4) is 5.69 Å². The number of hydrogen-bond acceptors (Lipinski definition) is 5. The van der Waals surface area contributed by atoms with Gasteiger partial charge in [-0.1, -0.05) is 12.1 Å². The molecule has 0 radical (unpaired) electrons. The Hall–Kier alpha value is -3.65. The van der Waals surface area contributed by atoms with Gasteiger partial charge in [0.15, 0.2) is 0 Å². The zero-order chi connectivity index (χ0) is 23.7. The van der Waals surface area contributed by atoms with Gasteiger partial charge in [0.05, 0.1) is 24.1 Å². The number of benzene rings is 2. The van der Waals surface area contributed by atoms with Gasteiger partial charge in [-0.05, 0) is 85.3 Å². The van der Waals surface area contributed by atoms with Crippen molar-refractivity contribution in [2.75, 3.05) is 7.11 Å². The van der Waals surface area contributed by atoms with Crippen molar-refractivity contribution in [1.29, 1.82) is 0 Å². The van der Waals surface area contributed by atoms with Crippen LogP contribution in [0.5, 0.6) is 0 Å². The van der Waals surface area contributed by atoms with E-state index in [2.05, 4.69) is 0 Å². The molecule has 0 saturated carbocycles. The minimum Gasteiger partial charge on any atom is -0.465 e. The summed E-state index contributed by atoms with van der Waals surface area (Å²) in [6.45, 7) is 3.96. The van der Waals surface area contributed by atoms with Gasteiger partial charge in [0.1, 0.15) is 5.82 Å². The molecule has 0 N–H and O–H groups in total. The summed E-state index contributed by atoms with van der Waals surface area (Å²) >= 11 is 0.890. The van der Waals surface area contributed by atoms with Crippen molar-refractivity contribution >= 4 is 35.0 Å². The summed E-state index contributed by atoms with van der Waals surface area (Å²) in [5.41, 5.74) is 4.64. The van der Waals surface area contributed by atoms with Crippen LogP contribution < -0.4 is 0 Å². The van der Waals surface area contributed by atoms with Crippen molar-refractivity contribution in [3.05, 3.63) is 93.4 Å². The Morgan fingerprint density at radius 1 is 1.06 bits per heavy atom. The molecular formula is C25H21FN2O4S. The Bertz CT molecular complexity index is 1280. The number of methoxy groups -OCH3 is 1. The summed E-state index contributed by atoms with van der Waals surface area (Å²) < 4.78 is 19.9. The minimum atomic E-state index is -0.403. The maximum absolute atomic E-state index is 13.1. The molecular weight excluding hydrogens is 443 g/mol. The largest absolute Gasteiger partial charge is 0.465 e. The van der Waals surface area contributed by atoms with Crippen LogP contribution in [0.15, 0.2) is 59.5 Å². The average Bonchev–Trinajstić information content (AvgIpc) is 3.23. The number of rotatable bonds is 5. The topological polar surface area (TPSA) is 68.6 Å². The van der Waals surface area contributed by atoms with Crippen molar-refractivity contribution in [1.82, 2.24) is 9.47 Å². The molecule has 2 heterocycles. The molecule has 1 saturated heterocycles. The van der Waals surface area contributed by atoms with E-state index in [9.17, 15) is 18.8 Å². The number of amides is 2. The summed E-state index contributed by atoms with van der Waals surface area (Å²) in [5.74, 6) is -1.15. The van der Waals surface area contributed by atoms with Gasteiger partial charge in [0.25, 0.3) is 11.1 Å². The number of ether oxygens (including phenoxy) is 1. The van der Waals surface area contributed by atoms with Crippen molar-refractivity contribution in [3.63, 3.8) is 0 Å². The maximum atomic E-state index is 13.1. The molecule has 8 heteroatoms. The lowest BCUT2D eigenvalue weighted by Crippen LogP contribution is -2.27. The Labute approximate surface area is 194 Å². The summed E-state index contributed by atoms with van der Waals surface area (Å²) in [6.07, 6.45) is 1.72. The molecule has 0 atom stereocenters. The highest BCUT2D eigenvalue weighted by Gasteiger charge is 2.35. The van der Waals surface area contributed by atoms with Crippen molar-refractivity contribution < 1.29 is 23.5 Å². The molecule has 2 aromatic carbocycles. The van der Waals surface area contributed by atoms with Crippen LogP contribution in [0.4, 0.5) is 9.18 Å². The Morgan fingerprint density at radius 2 is 1.73 bits per heavy atom. The number of carbonyl (C=O) groups excluding carboxylic acids is 3. The number of halogens is 1. The van der Waals surface area contributed by atoms with Crippen LogP contribution in [0.25, 0.3) is 11.8 Å². The van der Waals surface area contributed by atoms with Crippen LogP contribution in [-0.4, -0.2) is 33.7 Å². The first-order valence-corrected chi connectivity index (χ1v) is 11.0. The zero-order valence-electron chi connectivity index (χ0n) is 18.3. The molecule has 0 unspecified atom stereocenters. The van der Waals surface area contributed by atoms with Gasteiger partial charge in [-0.2, -0.15) is 0 Å². The highest BCUT2D eigenvalue weighted by Crippen LogP contribution is 2.34. The highest BCUT2D eigenvalue weighted by atomic mass is 32.2. The lowest BCUT2D eigenvalue weighted by atomic mass is 10.2. The molecule has 0 spiro atoms. The molecule has 0 bridgehead atoms. The summed E-state index contributed by atoms with van der Waals surface area (Å²) in [7, 11) is 1.34. The monoisotopic (exact) mass is 464 g/mol. The average molecular weight is 465 g/mol. The first-order chi connectivity index (χ1) is 15.8. The smallest absolute Gasteiger partial charge is 0.337 e. The third kappa shape index (κ3) is 4.47. The first kappa shape index (κ1) is 22.5. The summed E-state index contributed by atoms with van der Waals surface area (Å²) in [4.78, 5) is 38.5. The molecule has 1 aliphatic heterocycles. The predicted molar refractivity (Wildman–Crippen MR) is 124 cm³/mol. The van der Waals surface area contributed by atoms with Gasteiger partial charge in [0, 0.05) is 17.1 Å². The number of imide groups is 1. The van der Waals surface area contributed by atoms with E-state index in [0.29, 0.717) is 16.0 Å². The van der Waals surface area contributed by atoms with Gasteiger partial charge in [-0.3, -0.25) is 14.5 Å².